The maximum atomic E-state index is 12.6. The van der Waals surface area contributed by atoms with Gasteiger partial charge in [0.25, 0.3) is 0 Å². The van der Waals surface area contributed by atoms with Crippen molar-refractivity contribution in [2.24, 2.45) is 0 Å². The number of anilines is 9. The first-order valence-electron chi connectivity index (χ1n) is 35.4. The van der Waals surface area contributed by atoms with Crippen LogP contribution < -0.4 is 33.6 Å². The van der Waals surface area contributed by atoms with E-state index in [1.807, 2.05) is 164 Å². The van der Waals surface area contributed by atoms with Gasteiger partial charge in [-0.3, -0.25) is 9.11 Å². The van der Waals surface area contributed by atoms with Crippen LogP contribution >= 0.6 is 76.1 Å². The molecule has 0 amide bonds. The Hall–Kier alpha value is -6.68. The number of halogens is 5. The van der Waals surface area contributed by atoms with Gasteiger partial charge in [0.2, 0.25) is 0 Å². The Balaban J connectivity index is 0.000000237. The predicted molar refractivity (Wildman–Crippen MR) is 472 cm³/mol. The number of rotatable bonds is 15. The zero-order valence-corrected chi connectivity index (χ0v) is 79.9. The summed E-state index contributed by atoms with van der Waals surface area (Å²) in [5, 5.41) is 12.6. The second-order valence-corrected chi connectivity index (χ2v) is 29.2. The van der Waals surface area contributed by atoms with Crippen molar-refractivity contribution < 1.29 is 144 Å². The van der Waals surface area contributed by atoms with E-state index in [0.29, 0.717) is 22.3 Å². The number of unbranched alkanes of at least 4 members (excludes halogenated alkanes) is 1. The largest absolute Gasteiger partial charge is 1.00 e. The van der Waals surface area contributed by atoms with Crippen molar-refractivity contribution in [1.29, 1.82) is 0 Å². The number of ketones is 1. The molecule has 116 heavy (non-hydrogen) atoms. The number of para-hydroxylation sites is 9. The first-order valence-corrected chi connectivity index (χ1v) is 40.0. The van der Waals surface area contributed by atoms with Gasteiger partial charge in [-0.2, -0.15) is 124 Å². The smallest absolute Gasteiger partial charge is 0.380 e. The number of carbonyl (C=O) groups is 1. The van der Waals surface area contributed by atoms with Crippen molar-refractivity contribution in [1.82, 2.24) is 0 Å². The van der Waals surface area contributed by atoms with Crippen LogP contribution in [0.5, 0.6) is 0 Å². The Morgan fingerprint density at radius 3 is 1.24 bits per heavy atom. The second-order valence-electron chi connectivity index (χ2n) is 24.8. The van der Waals surface area contributed by atoms with Crippen LogP contribution in [0, 0.1) is 43.3 Å². The van der Waals surface area contributed by atoms with E-state index in [9.17, 15) is 9.90 Å². The molecule has 0 aliphatic carbocycles. The summed E-state index contributed by atoms with van der Waals surface area (Å²) in [5.41, 5.74) is 15.5. The third-order valence-corrected chi connectivity index (χ3v) is 19.7. The summed E-state index contributed by atoms with van der Waals surface area (Å²) >= 11 is 14.1. The molecular formula is C97H75Br4ClLiN3O6SY3-6. The predicted octanol–water partition coefficient (Wildman–Crippen LogP) is 23.6. The maximum absolute atomic E-state index is 12.6. The van der Waals surface area contributed by atoms with Gasteiger partial charge in [-0.05, 0) is 118 Å². The summed E-state index contributed by atoms with van der Waals surface area (Å²) in [6, 6.07) is 145. The minimum absolute atomic E-state index is 0. The number of carbonyl (C=O) groups excluding carboxylic acids is 1. The molecule has 3 N–H and O–H groups in total. The number of aliphatic hydroxyl groups is 1. The van der Waals surface area contributed by atoms with Crippen LogP contribution in [0.1, 0.15) is 74.6 Å². The molecule has 1 aliphatic rings. The molecule has 1 atom stereocenters. The van der Waals surface area contributed by atoms with Gasteiger partial charge in [0.05, 0.1) is 34.1 Å². The standard InChI is InChI=1S/C31H22BrNO.C31H20BrN.C18H14BrN.C13H7BrO.C4H9.ClH.Li.H2O4S.3Y/c32-26-16-12-15-25(23-26)31(34,24-13-4-1-5-14-24)29-21-10-11-22-30(29)33(27-17-6-2-7-18-27)28-19-8-3-9-20-28;32-25-15-11-14-24(22-25)31(23-12-3-1-4-13-23)27-18-7-9-20-29(27)33(26-16-5-2-6-17-26)30-21-10-8-19-28(30)31;19-17-13-7-8-14-18(17)20(15-9-3-1-4-10-15)16-11-5-2-6-12-16;14-12-8-4-7-11(9-12)13(15)10-5-2-1-3-6-10;1-3-4-2;;;1-5(2,3)4;;;/h1-13,15-22,34H;1-12,14-21H;1-14H;1-5,7-8H;1,3-4H2,2H3;1H;;(H2,1,2,3,4);;;/q2*-2;;-2;-1;;+1;;;;. The quantitative estimate of drug-likeness (QED) is 0.0303. The van der Waals surface area contributed by atoms with E-state index in [1.165, 1.54) is 17.5 Å². The molecule has 0 fully saturated rings. The molecule has 0 saturated carbocycles. The third kappa shape index (κ3) is 25.5. The summed E-state index contributed by atoms with van der Waals surface area (Å²) < 4.78 is 35.2. The van der Waals surface area contributed by atoms with Gasteiger partial charge in [-0.25, -0.2) is 0 Å². The van der Waals surface area contributed by atoms with Crippen LogP contribution in [-0.2, 0) is 120 Å². The van der Waals surface area contributed by atoms with Crippen LogP contribution in [0.15, 0.2) is 394 Å². The molecule has 0 spiro atoms. The van der Waals surface area contributed by atoms with Crippen molar-refractivity contribution >= 4 is 143 Å². The molecular weight excluding hydrogens is 1960 g/mol. The van der Waals surface area contributed by atoms with Gasteiger partial charge in [-0.15, -0.1) is 100 Å². The summed E-state index contributed by atoms with van der Waals surface area (Å²) in [5.74, 6) is -0.0584. The minimum atomic E-state index is -4.67. The SMILES string of the molecule is Brc1[c-]c(C2(c3[c-]cccc3)c3ccccc3N(c3ccccc3)c3ccccc32)ccc1.Brc1ccccc1N(c1ccccc1)c1ccccc1.Cl.O=C(c1[c-]cccc1)c1[c-]c(Br)ccc1.O=S(=O)(O)O.OC(c1[c-]cccc1)(c1[c-]c(Br)ccc1)c1ccccc1N(c1ccccc1)c1ccccc1.[CH2-]CCC.[Li+].[Y].[Y].[Y]. The maximum Gasteiger partial charge on any atom is 1.00 e. The number of benzene rings is 15. The first kappa shape index (κ1) is 98.1. The molecule has 19 heteroatoms. The molecule has 1 aliphatic heterocycles. The molecule has 9 nitrogen and oxygen atoms in total. The molecule has 0 bridgehead atoms. The number of fused-ring (bicyclic) bond motifs is 2. The molecule has 1 unspecified atom stereocenters. The van der Waals surface area contributed by atoms with Crippen molar-refractivity contribution in [3.8, 4) is 0 Å². The van der Waals surface area contributed by atoms with Gasteiger partial charge in [0.1, 0.15) is 0 Å². The Kier molecular flexibility index (Phi) is 41.6. The topological polar surface area (TPSA) is 122 Å². The molecule has 15 aromatic rings. The van der Waals surface area contributed by atoms with E-state index in [0.717, 1.165) is 92.2 Å². The van der Waals surface area contributed by atoms with E-state index in [1.54, 1.807) is 18.2 Å². The first-order chi connectivity index (χ1) is 54.0. The van der Waals surface area contributed by atoms with Crippen molar-refractivity contribution in [3.05, 3.63) is 487 Å². The fourth-order valence-electron chi connectivity index (χ4n) is 12.8. The fourth-order valence-corrected chi connectivity index (χ4v) is 14.4. The van der Waals surface area contributed by atoms with Crippen LogP contribution in [0.2, 0.25) is 0 Å². The Morgan fingerprint density at radius 2 is 0.793 bits per heavy atom. The van der Waals surface area contributed by atoms with Crippen molar-refractivity contribution in [2.45, 2.75) is 30.8 Å². The minimum Gasteiger partial charge on any atom is -0.380 e. The number of nitrogens with zero attached hydrogens (tertiary/aromatic N) is 3. The van der Waals surface area contributed by atoms with Crippen LogP contribution in [-0.4, -0.2) is 28.4 Å². The van der Waals surface area contributed by atoms with E-state index < -0.39 is 21.4 Å². The van der Waals surface area contributed by atoms with Crippen LogP contribution in [0.3, 0.4) is 0 Å². The molecule has 0 aromatic heterocycles. The molecule has 1 heterocycles. The zero-order valence-electron chi connectivity index (χ0n) is 63.4. The van der Waals surface area contributed by atoms with Crippen molar-refractivity contribution in [2.75, 3.05) is 14.7 Å². The number of hydrogen-bond acceptors (Lipinski definition) is 7. The van der Waals surface area contributed by atoms with Gasteiger partial charge in [0.15, 0.2) is 0 Å². The molecule has 16 rings (SSSR count). The van der Waals surface area contributed by atoms with Crippen LogP contribution in [0.4, 0.5) is 51.2 Å². The average molecular weight is 2040 g/mol. The molecule has 15 aromatic carbocycles. The van der Waals surface area contributed by atoms with Gasteiger partial charge in [0, 0.05) is 142 Å². The average Bonchev–Trinajstić information content (AvgIpc) is 0.695. The van der Waals surface area contributed by atoms with Crippen molar-refractivity contribution in [3.63, 3.8) is 0 Å². The summed E-state index contributed by atoms with van der Waals surface area (Å²) in [7, 11) is -4.67. The van der Waals surface area contributed by atoms with E-state index in [-0.39, 0.29) is 135 Å². The molecule has 571 valence electrons. The zero-order chi connectivity index (χ0) is 78.0. The fraction of sp³-hybridized carbons (Fsp3) is 0.0515. The normalized spacial score (nSPS) is 11.4. The van der Waals surface area contributed by atoms with Crippen LogP contribution in [0.25, 0.3) is 0 Å². The molecule has 3 radical (unpaired) electrons. The Bertz CT molecular complexity index is 5450. The number of hydrogen-bond donors (Lipinski definition) is 3. The summed E-state index contributed by atoms with van der Waals surface area (Å²) in [6.07, 6.45) is 2.28. The third-order valence-electron chi connectivity index (χ3n) is 17.6. The van der Waals surface area contributed by atoms with Gasteiger partial charge in [-0.1, -0.05) is 232 Å². The Labute approximate surface area is 810 Å². The summed E-state index contributed by atoms with van der Waals surface area (Å²) in [4.78, 5) is 18.7. The second kappa shape index (κ2) is 49.1. The summed E-state index contributed by atoms with van der Waals surface area (Å²) in [6.45, 7) is 5.72. The van der Waals surface area contributed by atoms with E-state index in [2.05, 4.69) is 323 Å². The van der Waals surface area contributed by atoms with E-state index in [4.69, 9.17) is 17.5 Å². The van der Waals surface area contributed by atoms with Gasteiger partial charge < -0.3 is 31.5 Å². The Morgan fingerprint density at radius 1 is 0.422 bits per heavy atom. The van der Waals surface area contributed by atoms with E-state index >= 15 is 0 Å². The van der Waals surface area contributed by atoms with Gasteiger partial charge >= 0.3 is 29.3 Å². The monoisotopic (exact) mass is 2030 g/mol. The molecule has 0 saturated heterocycles.